The summed E-state index contributed by atoms with van der Waals surface area (Å²) in [6.07, 6.45) is 5.24. The summed E-state index contributed by atoms with van der Waals surface area (Å²) in [7, 11) is -3.40. The van der Waals surface area contributed by atoms with Crippen LogP contribution >= 0.6 is 0 Å². The number of hydrogen-bond acceptors (Lipinski definition) is 4. The zero-order chi connectivity index (χ0) is 21.9. The van der Waals surface area contributed by atoms with Crippen molar-refractivity contribution in [3.63, 3.8) is 0 Å². The third-order valence-corrected chi connectivity index (χ3v) is 6.85. The van der Waals surface area contributed by atoms with Gasteiger partial charge >= 0.3 is 0 Å². The lowest BCUT2D eigenvalue weighted by Gasteiger charge is -2.41. The molecule has 1 amide bonds. The van der Waals surface area contributed by atoms with Gasteiger partial charge in [0.05, 0.1) is 25.0 Å². The van der Waals surface area contributed by atoms with E-state index in [1.807, 2.05) is 0 Å². The smallest absolute Gasteiger partial charge is 0.219 e. The molecule has 1 saturated carbocycles. The molecule has 1 heterocycles. The van der Waals surface area contributed by atoms with E-state index >= 15 is 0 Å². The first-order chi connectivity index (χ1) is 14.1. The molecule has 6 nitrogen and oxygen atoms in total. The molecule has 1 aromatic rings. The molecular weight excluding hydrogens is 414 g/mol. The Morgan fingerprint density at radius 3 is 2.53 bits per heavy atom. The Morgan fingerprint density at radius 2 is 1.90 bits per heavy atom. The van der Waals surface area contributed by atoms with E-state index in [2.05, 4.69) is 4.72 Å². The van der Waals surface area contributed by atoms with Gasteiger partial charge in [-0.05, 0) is 68.2 Å². The van der Waals surface area contributed by atoms with Crippen LogP contribution in [0.5, 0.6) is 0 Å². The number of nitrogens with one attached hydrogen (secondary N) is 1. The highest BCUT2D eigenvalue weighted by Gasteiger charge is 2.35. The largest absolute Gasteiger partial charge is 0.376 e. The van der Waals surface area contributed by atoms with Gasteiger partial charge in [0.1, 0.15) is 11.6 Å². The predicted molar refractivity (Wildman–Crippen MR) is 109 cm³/mol. The Balaban J connectivity index is 1.59. The molecule has 0 bridgehead atoms. The molecule has 1 saturated heterocycles. The van der Waals surface area contributed by atoms with E-state index in [1.165, 1.54) is 19.1 Å². The van der Waals surface area contributed by atoms with Crippen molar-refractivity contribution in [1.82, 2.24) is 9.62 Å². The maximum atomic E-state index is 14.0. The minimum atomic E-state index is -3.40. The zero-order valence-corrected chi connectivity index (χ0v) is 18.3. The number of nitrogens with zero attached hydrogens (tertiary/aromatic N) is 1. The van der Waals surface area contributed by atoms with Gasteiger partial charge < -0.3 is 9.64 Å². The predicted octanol–water partition coefficient (Wildman–Crippen LogP) is 2.94. The van der Waals surface area contributed by atoms with E-state index in [0.717, 1.165) is 18.7 Å². The van der Waals surface area contributed by atoms with Crippen molar-refractivity contribution >= 4 is 15.9 Å². The van der Waals surface area contributed by atoms with Gasteiger partial charge in [-0.25, -0.2) is 21.9 Å². The van der Waals surface area contributed by atoms with E-state index in [0.29, 0.717) is 44.2 Å². The number of halogens is 2. The van der Waals surface area contributed by atoms with Crippen LogP contribution in [-0.2, 0) is 19.6 Å². The van der Waals surface area contributed by atoms with Crippen molar-refractivity contribution in [3.05, 3.63) is 35.4 Å². The summed E-state index contributed by atoms with van der Waals surface area (Å²) in [6.45, 7) is 2.31. The molecule has 1 aliphatic heterocycles. The van der Waals surface area contributed by atoms with Gasteiger partial charge in [0, 0.05) is 19.5 Å². The molecule has 9 heteroatoms. The number of ether oxygens (including phenoxy) is 1. The summed E-state index contributed by atoms with van der Waals surface area (Å²) in [4.78, 5) is 13.7. The van der Waals surface area contributed by atoms with Gasteiger partial charge in [-0.3, -0.25) is 4.79 Å². The van der Waals surface area contributed by atoms with E-state index in [4.69, 9.17) is 4.74 Å². The summed E-state index contributed by atoms with van der Waals surface area (Å²) < 4.78 is 59.7. The monoisotopic (exact) mass is 444 g/mol. The van der Waals surface area contributed by atoms with Crippen molar-refractivity contribution in [2.24, 2.45) is 0 Å². The quantitative estimate of drug-likeness (QED) is 0.732. The fourth-order valence-electron chi connectivity index (χ4n) is 4.67. The van der Waals surface area contributed by atoms with Crippen LogP contribution in [0.1, 0.15) is 56.9 Å². The molecule has 0 aromatic heterocycles. The summed E-state index contributed by atoms with van der Waals surface area (Å²) in [5.41, 5.74) is 0.418. The van der Waals surface area contributed by atoms with Crippen LogP contribution in [0.15, 0.2) is 18.2 Å². The first kappa shape index (κ1) is 23.1. The van der Waals surface area contributed by atoms with Crippen molar-refractivity contribution in [2.75, 3.05) is 19.4 Å². The average Bonchev–Trinajstić information content (AvgIpc) is 2.68. The Kier molecular flexibility index (Phi) is 7.47. The molecule has 2 fully saturated rings. The molecule has 1 N–H and O–H groups in total. The van der Waals surface area contributed by atoms with Crippen LogP contribution in [0.2, 0.25) is 0 Å². The highest BCUT2D eigenvalue weighted by atomic mass is 32.2. The Hall–Kier alpha value is -1.58. The topological polar surface area (TPSA) is 75.7 Å². The lowest BCUT2D eigenvalue weighted by Crippen LogP contribution is -2.58. The minimum absolute atomic E-state index is 0.0383. The van der Waals surface area contributed by atoms with Crippen LogP contribution in [0.4, 0.5) is 8.78 Å². The zero-order valence-electron chi connectivity index (χ0n) is 17.4. The maximum absolute atomic E-state index is 14.0. The summed E-state index contributed by atoms with van der Waals surface area (Å²) >= 11 is 0. The summed E-state index contributed by atoms with van der Waals surface area (Å²) in [5.74, 6) is -0.955. The number of sulfonamides is 1. The SMILES string of the molecule is CC(=O)N1CCC[C@H](NS(C)(=O)=O)[C@@H]1CO[C@H]1CC[C@@H](c2cc(F)ccc2F)CC1. The third kappa shape index (κ3) is 5.98. The number of likely N-dealkylation sites (tertiary alicyclic amines) is 1. The second-order valence-electron chi connectivity index (χ2n) is 8.39. The molecule has 1 aromatic carbocycles. The number of piperidine rings is 1. The summed E-state index contributed by atoms with van der Waals surface area (Å²) in [6, 6.07) is 2.83. The maximum Gasteiger partial charge on any atom is 0.219 e. The molecule has 0 radical (unpaired) electrons. The van der Waals surface area contributed by atoms with Gasteiger partial charge in [-0.2, -0.15) is 0 Å². The third-order valence-electron chi connectivity index (χ3n) is 6.12. The fourth-order valence-corrected chi connectivity index (χ4v) is 5.49. The van der Waals surface area contributed by atoms with E-state index in [9.17, 15) is 22.0 Å². The Labute approximate surface area is 177 Å². The highest BCUT2D eigenvalue weighted by molar-refractivity contribution is 7.88. The lowest BCUT2D eigenvalue weighted by molar-refractivity contribution is -0.136. The number of carbonyl (C=O) groups excluding carboxylic acids is 1. The normalized spacial score (nSPS) is 27.8. The first-order valence-electron chi connectivity index (χ1n) is 10.4. The van der Waals surface area contributed by atoms with Gasteiger partial charge in [0.2, 0.25) is 15.9 Å². The fraction of sp³-hybridized carbons (Fsp3) is 0.667. The lowest BCUT2D eigenvalue weighted by atomic mass is 9.82. The summed E-state index contributed by atoms with van der Waals surface area (Å²) in [5, 5.41) is 0. The van der Waals surface area contributed by atoms with Crippen LogP contribution in [0.3, 0.4) is 0 Å². The number of benzene rings is 1. The molecule has 30 heavy (non-hydrogen) atoms. The first-order valence-corrected chi connectivity index (χ1v) is 12.3. The van der Waals surface area contributed by atoms with Gasteiger partial charge in [0.25, 0.3) is 0 Å². The van der Waals surface area contributed by atoms with Crippen LogP contribution in [0.25, 0.3) is 0 Å². The molecule has 0 unspecified atom stereocenters. The van der Waals surface area contributed by atoms with Crippen molar-refractivity contribution < 1.29 is 26.7 Å². The van der Waals surface area contributed by atoms with E-state index in [-0.39, 0.29) is 42.4 Å². The van der Waals surface area contributed by atoms with Gasteiger partial charge in [-0.15, -0.1) is 0 Å². The van der Waals surface area contributed by atoms with Crippen molar-refractivity contribution in [2.45, 2.75) is 69.6 Å². The second kappa shape index (κ2) is 9.70. The van der Waals surface area contributed by atoms with E-state index in [1.54, 1.807) is 4.90 Å². The molecule has 2 atom stereocenters. The molecule has 2 aliphatic rings. The Bertz CT molecular complexity index is 857. The molecule has 1 aliphatic carbocycles. The highest BCUT2D eigenvalue weighted by Crippen LogP contribution is 2.36. The molecule has 3 rings (SSSR count). The van der Waals surface area contributed by atoms with E-state index < -0.39 is 15.8 Å². The molecular formula is C21H30F2N2O4S. The van der Waals surface area contributed by atoms with Gasteiger partial charge in [0.15, 0.2) is 0 Å². The second-order valence-corrected chi connectivity index (χ2v) is 10.2. The number of amides is 1. The standard InChI is InChI=1S/C21H30F2N2O4S/c1-14(26)25-11-3-4-20(24-30(2,27)28)21(25)13-29-17-8-5-15(6-9-17)18-12-16(22)7-10-19(18)23/h7,10,12,15,17,20-21,24H,3-6,8-9,11,13H2,1-2H3/t15-,17+,20-,21-/m0/s1. The number of rotatable bonds is 6. The molecule has 0 spiro atoms. The average molecular weight is 445 g/mol. The Morgan fingerprint density at radius 1 is 1.20 bits per heavy atom. The van der Waals surface area contributed by atoms with Crippen LogP contribution in [0, 0.1) is 11.6 Å². The minimum Gasteiger partial charge on any atom is -0.376 e. The van der Waals surface area contributed by atoms with Crippen molar-refractivity contribution in [3.8, 4) is 0 Å². The van der Waals surface area contributed by atoms with Crippen molar-refractivity contribution in [1.29, 1.82) is 0 Å². The molecule has 168 valence electrons. The number of hydrogen-bond donors (Lipinski definition) is 1. The number of carbonyl (C=O) groups is 1. The van der Waals surface area contributed by atoms with Gasteiger partial charge in [-0.1, -0.05) is 0 Å². The van der Waals surface area contributed by atoms with Crippen LogP contribution < -0.4 is 4.72 Å². The van der Waals surface area contributed by atoms with Crippen LogP contribution in [-0.4, -0.2) is 56.8 Å².